The summed E-state index contributed by atoms with van der Waals surface area (Å²) in [5.74, 6) is 0.124. The molecule has 6 nitrogen and oxygen atoms in total. The molecule has 0 spiro atoms. The molecule has 0 atom stereocenters. The van der Waals surface area contributed by atoms with Gasteiger partial charge in [-0.1, -0.05) is 55.8 Å². The van der Waals surface area contributed by atoms with E-state index in [-0.39, 0.29) is 16.2 Å². The van der Waals surface area contributed by atoms with Crippen molar-refractivity contribution in [2.75, 3.05) is 0 Å². The molecule has 1 aromatic heterocycles. The van der Waals surface area contributed by atoms with Crippen molar-refractivity contribution in [1.82, 2.24) is 15.0 Å². The quantitative estimate of drug-likeness (QED) is 0.481. The Labute approximate surface area is 159 Å². The Morgan fingerprint density at radius 1 is 1.11 bits per heavy atom. The Balaban J connectivity index is 2.04. The Morgan fingerprint density at radius 2 is 1.78 bits per heavy atom. The van der Waals surface area contributed by atoms with Gasteiger partial charge in [0.1, 0.15) is 10.4 Å². The number of aromatic nitrogens is 3. The Hall–Kier alpha value is -2.67. The van der Waals surface area contributed by atoms with Gasteiger partial charge in [-0.05, 0) is 49.1 Å². The van der Waals surface area contributed by atoms with Crippen molar-refractivity contribution in [3.8, 4) is 0 Å². The summed E-state index contributed by atoms with van der Waals surface area (Å²) in [5, 5.41) is 8.19. The van der Waals surface area contributed by atoms with Crippen LogP contribution in [0.1, 0.15) is 32.8 Å². The minimum Gasteiger partial charge on any atom is -0.358 e. The van der Waals surface area contributed by atoms with Crippen molar-refractivity contribution in [2.24, 2.45) is 5.41 Å². The molecule has 27 heavy (non-hydrogen) atoms. The van der Waals surface area contributed by atoms with Crippen LogP contribution in [0.25, 0.3) is 16.9 Å². The van der Waals surface area contributed by atoms with Crippen LogP contribution in [0.15, 0.2) is 59.5 Å². The maximum Gasteiger partial charge on any atom is 0.340 e. The highest BCUT2D eigenvalue weighted by atomic mass is 32.2. The zero-order chi connectivity index (χ0) is 19.7. The largest absolute Gasteiger partial charge is 0.358 e. The Morgan fingerprint density at radius 3 is 2.44 bits per heavy atom. The first-order valence-electron chi connectivity index (χ1n) is 8.68. The zero-order valence-corrected chi connectivity index (χ0v) is 16.7. The molecule has 0 N–H and O–H groups in total. The summed E-state index contributed by atoms with van der Waals surface area (Å²) in [5.41, 5.74) is 2.27. The second-order valence-corrected chi connectivity index (χ2v) is 9.19. The van der Waals surface area contributed by atoms with Gasteiger partial charge in [0.2, 0.25) is 5.88 Å². The van der Waals surface area contributed by atoms with Crippen molar-refractivity contribution < 1.29 is 12.6 Å². The smallest absolute Gasteiger partial charge is 0.340 e. The minimum absolute atomic E-state index is 0.0430. The topological polar surface area (TPSA) is 74.1 Å². The fourth-order valence-electron chi connectivity index (χ4n) is 2.45. The van der Waals surface area contributed by atoms with Crippen LogP contribution in [0.3, 0.4) is 0 Å². The number of rotatable bonds is 5. The van der Waals surface area contributed by atoms with Crippen LogP contribution >= 0.6 is 0 Å². The Bertz CT molecular complexity index is 1080. The van der Waals surface area contributed by atoms with Crippen LogP contribution in [0, 0.1) is 12.3 Å². The van der Waals surface area contributed by atoms with E-state index in [0.29, 0.717) is 17.5 Å². The van der Waals surface area contributed by atoms with Gasteiger partial charge in [-0.3, -0.25) is 0 Å². The predicted octanol–water partition coefficient (Wildman–Crippen LogP) is 4.38. The fraction of sp³-hybridized carbons (Fsp3) is 0.300. The molecular formula is C20H23N3O3S. The van der Waals surface area contributed by atoms with Crippen LogP contribution in [0.5, 0.6) is 0 Å². The summed E-state index contributed by atoms with van der Waals surface area (Å²) in [6, 6.07) is 13.9. The van der Waals surface area contributed by atoms with Crippen molar-refractivity contribution in [2.45, 2.75) is 39.0 Å². The summed E-state index contributed by atoms with van der Waals surface area (Å²) in [6.07, 6.45) is 2.35. The van der Waals surface area contributed by atoms with Gasteiger partial charge in [-0.2, -0.15) is 13.1 Å². The summed E-state index contributed by atoms with van der Waals surface area (Å²) in [7, 11) is -4.00. The number of para-hydroxylation sites is 1. The predicted molar refractivity (Wildman–Crippen MR) is 105 cm³/mol. The van der Waals surface area contributed by atoms with Gasteiger partial charge >= 0.3 is 10.1 Å². The first kappa shape index (κ1) is 19.1. The lowest BCUT2D eigenvalue weighted by atomic mass is 9.92. The molecular weight excluding hydrogens is 362 g/mol. The molecule has 0 unspecified atom stereocenters. The third-order valence-electron chi connectivity index (χ3n) is 3.95. The average molecular weight is 385 g/mol. The summed E-state index contributed by atoms with van der Waals surface area (Å²) in [4.78, 5) is 0.0965. The van der Waals surface area contributed by atoms with Gasteiger partial charge in [-0.25, -0.2) is 0 Å². The van der Waals surface area contributed by atoms with Crippen LogP contribution in [-0.4, -0.2) is 23.4 Å². The van der Waals surface area contributed by atoms with E-state index in [0.717, 1.165) is 5.56 Å². The first-order chi connectivity index (χ1) is 12.7. The van der Waals surface area contributed by atoms with Crippen LogP contribution in [-0.2, 0) is 14.3 Å². The SMILES string of the molecule is Cc1ccc(S(=O)(=O)OC(=CCC(C)(C)C)n2nnc3ccccc32)cc1. The normalized spacial score (nSPS) is 13.1. The molecule has 7 heteroatoms. The zero-order valence-electron chi connectivity index (χ0n) is 15.9. The van der Waals surface area contributed by atoms with Gasteiger partial charge < -0.3 is 4.18 Å². The van der Waals surface area contributed by atoms with E-state index in [4.69, 9.17) is 4.18 Å². The Kier molecular flexibility index (Phi) is 5.06. The molecule has 0 saturated heterocycles. The molecule has 3 aromatic rings. The number of aryl methyl sites for hydroxylation is 1. The summed E-state index contributed by atoms with van der Waals surface area (Å²) >= 11 is 0. The van der Waals surface area contributed by atoms with Crippen molar-refractivity contribution in [3.63, 3.8) is 0 Å². The van der Waals surface area contributed by atoms with Crippen molar-refractivity contribution in [1.29, 1.82) is 0 Å². The van der Waals surface area contributed by atoms with Crippen LogP contribution < -0.4 is 0 Å². The van der Waals surface area contributed by atoms with Gasteiger partial charge in [0.25, 0.3) is 0 Å². The van der Waals surface area contributed by atoms with E-state index >= 15 is 0 Å². The van der Waals surface area contributed by atoms with Crippen LogP contribution in [0.4, 0.5) is 0 Å². The number of hydrogen-bond acceptors (Lipinski definition) is 5. The molecule has 142 valence electrons. The number of benzene rings is 2. The third kappa shape index (κ3) is 4.54. The molecule has 0 aliphatic rings. The molecule has 0 aliphatic heterocycles. The second-order valence-electron chi connectivity index (χ2n) is 7.65. The molecule has 0 amide bonds. The highest BCUT2D eigenvalue weighted by molar-refractivity contribution is 7.87. The molecule has 2 aromatic carbocycles. The minimum atomic E-state index is -4.00. The molecule has 0 aliphatic carbocycles. The van der Waals surface area contributed by atoms with E-state index in [1.165, 1.54) is 16.8 Å². The van der Waals surface area contributed by atoms with E-state index in [9.17, 15) is 8.42 Å². The number of hydrogen-bond donors (Lipinski definition) is 0. The van der Waals surface area contributed by atoms with Crippen LogP contribution in [0.2, 0.25) is 0 Å². The number of nitrogens with zero attached hydrogens (tertiary/aromatic N) is 3. The van der Waals surface area contributed by atoms with Crippen molar-refractivity contribution in [3.05, 3.63) is 60.2 Å². The molecule has 0 bridgehead atoms. The first-order valence-corrected chi connectivity index (χ1v) is 10.1. The lowest BCUT2D eigenvalue weighted by molar-refractivity contribution is 0.404. The van der Waals surface area contributed by atoms with Gasteiger partial charge in [-0.15, -0.1) is 5.10 Å². The third-order valence-corrected chi connectivity index (χ3v) is 5.19. The highest BCUT2D eigenvalue weighted by Crippen LogP contribution is 2.26. The second kappa shape index (κ2) is 7.15. The monoisotopic (exact) mass is 385 g/mol. The summed E-state index contributed by atoms with van der Waals surface area (Å²) < 4.78 is 32.5. The number of allylic oxidation sites excluding steroid dienone is 1. The molecule has 0 fully saturated rings. The van der Waals surface area contributed by atoms with Gasteiger partial charge in [0.05, 0.1) is 5.52 Å². The lowest BCUT2D eigenvalue weighted by Gasteiger charge is -2.17. The molecule has 0 radical (unpaired) electrons. The van der Waals surface area contributed by atoms with Gasteiger partial charge in [0.15, 0.2) is 0 Å². The summed E-state index contributed by atoms with van der Waals surface area (Å²) in [6.45, 7) is 8.09. The number of fused-ring (bicyclic) bond motifs is 1. The van der Waals surface area contributed by atoms with E-state index < -0.39 is 10.1 Å². The van der Waals surface area contributed by atoms with E-state index in [1.54, 1.807) is 18.2 Å². The van der Waals surface area contributed by atoms with E-state index in [2.05, 4.69) is 31.1 Å². The maximum absolute atomic E-state index is 12.8. The van der Waals surface area contributed by atoms with E-state index in [1.807, 2.05) is 31.2 Å². The standard InChI is InChI=1S/C20H23N3O3S/c1-15-9-11-16(12-10-15)27(24,25)26-19(13-14-20(2,3)4)23-18-8-6-5-7-17(18)21-22-23/h5-13H,14H2,1-4H3. The molecule has 3 rings (SSSR count). The molecule has 0 saturated carbocycles. The highest BCUT2D eigenvalue weighted by Gasteiger charge is 2.22. The maximum atomic E-state index is 12.8. The average Bonchev–Trinajstić information content (AvgIpc) is 3.02. The molecule has 1 heterocycles. The fourth-order valence-corrected chi connectivity index (χ4v) is 3.38. The van der Waals surface area contributed by atoms with Crippen molar-refractivity contribution >= 4 is 27.0 Å². The lowest BCUT2D eigenvalue weighted by Crippen LogP contribution is -2.12. The van der Waals surface area contributed by atoms with Gasteiger partial charge in [0, 0.05) is 0 Å².